The summed E-state index contributed by atoms with van der Waals surface area (Å²) in [6.07, 6.45) is 2.12. The van der Waals surface area contributed by atoms with Crippen LogP contribution in [0, 0.1) is 5.82 Å². The minimum Gasteiger partial charge on any atom is -0.383 e. The summed E-state index contributed by atoms with van der Waals surface area (Å²) in [6, 6.07) is 6.90. The molecular weight excluding hydrogens is 255 g/mol. The van der Waals surface area contributed by atoms with Gasteiger partial charge in [-0.1, -0.05) is 32.0 Å². The Morgan fingerprint density at radius 1 is 1.25 bits per heavy atom. The van der Waals surface area contributed by atoms with Crippen LogP contribution in [0.3, 0.4) is 0 Å². The van der Waals surface area contributed by atoms with Gasteiger partial charge in [0.05, 0.1) is 6.61 Å². The molecule has 0 bridgehead atoms. The van der Waals surface area contributed by atoms with Gasteiger partial charge in [-0.05, 0) is 18.9 Å². The fraction of sp³-hybridized carbons (Fsp3) is 0.625. The lowest BCUT2D eigenvalue weighted by atomic mass is 10.0. The zero-order valence-electron chi connectivity index (χ0n) is 12.8. The summed E-state index contributed by atoms with van der Waals surface area (Å²) in [4.78, 5) is 2.31. The molecule has 0 aromatic heterocycles. The van der Waals surface area contributed by atoms with E-state index in [1.807, 2.05) is 6.07 Å². The highest BCUT2D eigenvalue weighted by Crippen LogP contribution is 2.18. The summed E-state index contributed by atoms with van der Waals surface area (Å²) in [6.45, 7) is 6.48. The number of rotatable bonds is 9. The van der Waals surface area contributed by atoms with Crippen molar-refractivity contribution in [1.29, 1.82) is 0 Å². The largest absolute Gasteiger partial charge is 0.383 e. The van der Waals surface area contributed by atoms with Gasteiger partial charge in [0.25, 0.3) is 0 Å². The van der Waals surface area contributed by atoms with Gasteiger partial charge in [0.2, 0.25) is 0 Å². The maximum absolute atomic E-state index is 13.8. The molecule has 3 nitrogen and oxygen atoms in total. The second kappa shape index (κ2) is 9.06. The van der Waals surface area contributed by atoms with Crippen LogP contribution in [0.1, 0.15) is 38.3 Å². The minimum absolute atomic E-state index is 0.226. The summed E-state index contributed by atoms with van der Waals surface area (Å²) in [7, 11) is 1.70. The second-order valence-electron chi connectivity index (χ2n) is 5.09. The first-order valence-electron chi connectivity index (χ1n) is 7.36. The van der Waals surface area contributed by atoms with E-state index in [1.165, 1.54) is 6.07 Å². The highest BCUT2D eigenvalue weighted by Gasteiger charge is 2.20. The van der Waals surface area contributed by atoms with E-state index in [0.717, 1.165) is 19.4 Å². The lowest BCUT2D eigenvalue weighted by Gasteiger charge is -2.32. The van der Waals surface area contributed by atoms with E-state index < -0.39 is 0 Å². The molecule has 1 aromatic carbocycles. The molecule has 0 fully saturated rings. The van der Waals surface area contributed by atoms with E-state index in [4.69, 9.17) is 10.5 Å². The molecule has 1 atom stereocenters. The predicted molar refractivity (Wildman–Crippen MR) is 81.1 cm³/mol. The Bertz CT molecular complexity index is 382. The third-order valence-electron chi connectivity index (χ3n) is 3.78. The minimum atomic E-state index is -0.311. The smallest absolute Gasteiger partial charge is 0.128 e. The Balaban J connectivity index is 2.75. The maximum atomic E-state index is 13.8. The molecule has 0 saturated heterocycles. The quantitative estimate of drug-likeness (QED) is 0.757. The SMILES string of the molecule is CCC(CC)N(CCOC)CC(N)c1ccccc1F. The summed E-state index contributed by atoms with van der Waals surface area (Å²) >= 11 is 0. The fourth-order valence-electron chi connectivity index (χ4n) is 2.56. The van der Waals surface area contributed by atoms with Crippen LogP contribution in [0.25, 0.3) is 0 Å². The molecule has 0 aliphatic rings. The summed E-state index contributed by atoms with van der Waals surface area (Å²) in [5.74, 6) is -0.226. The van der Waals surface area contributed by atoms with Crippen LogP contribution < -0.4 is 5.73 Å². The molecule has 0 aliphatic carbocycles. The molecule has 0 amide bonds. The second-order valence-corrected chi connectivity index (χ2v) is 5.09. The highest BCUT2D eigenvalue weighted by atomic mass is 19.1. The average Bonchev–Trinajstić information content (AvgIpc) is 2.46. The van der Waals surface area contributed by atoms with Gasteiger partial charge in [-0.25, -0.2) is 4.39 Å². The van der Waals surface area contributed by atoms with E-state index in [9.17, 15) is 4.39 Å². The molecule has 0 radical (unpaired) electrons. The van der Waals surface area contributed by atoms with Gasteiger partial charge in [0, 0.05) is 37.8 Å². The van der Waals surface area contributed by atoms with Crippen molar-refractivity contribution in [1.82, 2.24) is 4.90 Å². The van der Waals surface area contributed by atoms with E-state index >= 15 is 0 Å². The van der Waals surface area contributed by atoms with Crippen LogP contribution in [0.15, 0.2) is 24.3 Å². The number of methoxy groups -OCH3 is 1. The average molecular weight is 282 g/mol. The maximum Gasteiger partial charge on any atom is 0.128 e. The molecule has 1 aromatic rings. The standard InChI is InChI=1S/C16H27FN2O/c1-4-13(5-2)19(10-11-20-3)12-16(18)14-8-6-7-9-15(14)17/h6-9,13,16H,4-5,10-12,18H2,1-3H3. The lowest BCUT2D eigenvalue weighted by molar-refractivity contribution is 0.110. The van der Waals surface area contributed by atoms with Crippen LogP contribution >= 0.6 is 0 Å². The molecule has 1 rings (SSSR count). The van der Waals surface area contributed by atoms with E-state index in [2.05, 4.69) is 18.7 Å². The number of ether oxygens (including phenoxy) is 1. The highest BCUT2D eigenvalue weighted by molar-refractivity contribution is 5.21. The van der Waals surface area contributed by atoms with Crippen molar-refractivity contribution in [3.63, 3.8) is 0 Å². The first-order chi connectivity index (χ1) is 9.63. The van der Waals surface area contributed by atoms with Crippen LogP contribution in [0.4, 0.5) is 4.39 Å². The first kappa shape index (κ1) is 17.1. The molecule has 0 aliphatic heterocycles. The van der Waals surface area contributed by atoms with E-state index in [0.29, 0.717) is 24.8 Å². The van der Waals surface area contributed by atoms with Gasteiger partial charge < -0.3 is 10.5 Å². The Kier molecular flexibility index (Phi) is 7.73. The molecule has 0 heterocycles. The molecule has 0 saturated carbocycles. The Hall–Kier alpha value is -0.970. The number of nitrogens with two attached hydrogens (primary N) is 1. The van der Waals surface area contributed by atoms with Crippen molar-refractivity contribution in [2.75, 3.05) is 26.8 Å². The topological polar surface area (TPSA) is 38.5 Å². The van der Waals surface area contributed by atoms with E-state index in [1.54, 1.807) is 19.2 Å². The number of hydrogen-bond donors (Lipinski definition) is 1. The molecular formula is C16H27FN2O. The van der Waals surface area contributed by atoms with Gasteiger partial charge in [-0.3, -0.25) is 4.90 Å². The van der Waals surface area contributed by atoms with Crippen molar-refractivity contribution < 1.29 is 9.13 Å². The van der Waals surface area contributed by atoms with Crippen LogP contribution in [0.2, 0.25) is 0 Å². The van der Waals surface area contributed by atoms with Gasteiger partial charge >= 0.3 is 0 Å². The van der Waals surface area contributed by atoms with Crippen molar-refractivity contribution in [3.05, 3.63) is 35.6 Å². The summed E-state index contributed by atoms with van der Waals surface area (Å²) in [5.41, 5.74) is 6.78. The molecule has 1 unspecified atom stereocenters. The molecule has 2 N–H and O–H groups in total. The van der Waals surface area contributed by atoms with Crippen molar-refractivity contribution in [3.8, 4) is 0 Å². The molecule has 114 valence electrons. The van der Waals surface area contributed by atoms with Crippen molar-refractivity contribution in [2.24, 2.45) is 5.73 Å². The Labute approximate surface area is 121 Å². The molecule has 20 heavy (non-hydrogen) atoms. The normalized spacial score (nSPS) is 13.2. The third kappa shape index (κ3) is 4.85. The molecule has 0 spiro atoms. The zero-order chi connectivity index (χ0) is 15.0. The summed E-state index contributed by atoms with van der Waals surface area (Å²) in [5, 5.41) is 0. The van der Waals surface area contributed by atoms with Crippen LogP contribution in [-0.4, -0.2) is 37.7 Å². The number of nitrogens with zero attached hydrogens (tertiary/aromatic N) is 1. The number of hydrogen-bond acceptors (Lipinski definition) is 3. The number of halogens is 1. The third-order valence-corrected chi connectivity index (χ3v) is 3.78. The van der Waals surface area contributed by atoms with Gasteiger partial charge in [-0.2, -0.15) is 0 Å². The zero-order valence-corrected chi connectivity index (χ0v) is 12.8. The van der Waals surface area contributed by atoms with Crippen LogP contribution in [-0.2, 0) is 4.74 Å². The molecule has 4 heteroatoms. The lowest BCUT2D eigenvalue weighted by Crippen LogP contribution is -2.41. The van der Waals surface area contributed by atoms with Crippen molar-refractivity contribution >= 4 is 0 Å². The summed E-state index contributed by atoms with van der Waals surface area (Å²) < 4.78 is 19.0. The Morgan fingerprint density at radius 2 is 1.90 bits per heavy atom. The Morgan fingerprint density at radius 3 is 2.45 bits per heavy atom. The fourth-order valence-corrected chi connectivity index (χ4v) is 2.56. The first-order valence-corrected chi connectivity index (χ1v) is 7.36. The van der Waals surface area contributed by atoms with Crippen molar-refractivity contribution in [2.45, 2.75) is 38.8 Å². The van der Waals surface area contributed by atoms with Gasteiger partial charge in [0.15, 0.2) is 0 Å². The monoisotopic (exact) mass is 282 g/mol. The number of benzene rings is 1. The van der Waals surface area contributed by atoms with Crippen LogP contribution in [0.5, 0.6) is 0 Å². The predicted octanol–water partition coefficient (Wildman–Crippen LogP) is 2.96. The van der Waals surface area contributed by atoms with E-state index in [-0.39, 0.29) is 11.9 Å². The van der Waals surface area contributed by atoms with Gasteiger partial charge in [0.1, 0.15) is 5.82 Å². The van der Waals surface area contributed by atoms with Gasteiger partial charge in [-0.15, -0.1) is 0 Å².